The first kappa shape index (κ1) is 23.0. The fourth-order valence-electron chi connectivity index (χ4n) is 3.49. The smallest absolute Gasteiger partial charge is 0.319 e. The van der Waals surface area contributed by atoms with Crippen LogP contribution in [0.15, 0.2) is 24.3 Å². The third-order valence-electron chi connectivity index (χ3n) is 4.85. The third kappa shape index (κ3) is 6.10. The molecular weight excluding hydrogens is 364 g/mol. The van der Waals surface area contributed by atoms with Crippen molar-refractivity contribution in [2.45, 2.75) is 53.8 Å². The fourth-order valence-corrected chi connectivity index (χ4v) is 3.49. The summed E-state index contributed by atoms with van der Waals surface area (Å²) in [6, 6.07) is 8.26. The maximum atomic E-state index is 11.7. The topological polar surface area (TPSA) is 103 Å². The van der Waals surface area contributed by atoms with E-state index in [4.69, 9.17) is 21.2 Å². The Bertz CT molecular complexity index is 817. The molecule has 2 aromatic rings. The number of aryl methyl sites for hydroxylation is 1. The van der Waals surface area contributed by atoms with Gasteiger partial charge in [0.25, 0.3) is 0 Å². The van der Waals surface area contributed by atoms with Crippen molar-refractivity contribution in [1.29, 1.82) is 0 Å². The molecule has 0 saturated heterocycles. The Kier molecular flexibility index (Phi) is 8.76. The van der Waals surface area contributed by atoms with Crippen molar-refractivity contribution in [3.8, 4) is 11.1 Å². The second kappa shape index (κ2) is 11.0. The molecule has 0 bridgehead atoms. The Morgan fingerprint density at radius 2 is 1.83 bits per heavy atom. The second-order valence-electron chi connectivity index (χ2n) is 7.59. The lowest BCUT2D eigenvalue weighted by molar-refractivity contribution is -0.142. The molecule has 158 valence electrons. The first-order valence-corrected chi connectivity index (χ1v) is 10.3. The molecule has 0 fully saturated rings. The largest absolute Gasteiger partial charge is 0.465 e. The highest BCUT2D eigenvalue weighted by Crippen LogP contribution is 2.32. The molecular formula is C23H34N4O2. The van der Waals surface area contributed by atoms with Gasteiger partial charge in [-0.3, -0.25) is 9.78 Å². The maximum absolute atomic E-state index is 11.7. The summed E-state index contributed by atoms with van der Waals surface area (Å²) in [5.41, 5.74) is 19.4. The predicted molar refractivity (Wildman–Crippen MR) is 117 cm³/mol. The van der Waals surface area contributed by atoms with E-state index in [0.717, 1.165) is 45.6 Å². The molecule has 0 aliphatic heterocycles. The summed E-state index contributed by atoms with van der Waals surface area (Å²) in [6.07, 6.45) is 0.873. The number of pyridine rings is 1. The van der Waals surface area contributed by atoms with Crippen LogP contribution >= 0.6 is 0 Å². The van der Waals surface area contributed by atoms with E-state index in [9.17, 15) is 4.79 Å². The van der Waals surface area contributed by atoms with Crippen LogP contribution in [0.25, 0.3) is 11.1 Å². The van der Waals surface area contributed by atoms with Crippen LogP contribution < -0.4 is 16.8 Å². The van der Waals surface area contributed by atoms with E-state index in [1.807, 2.05) is 19.1 Å². The van der Waals surface area contributed by atoms with Gasteiger partial charge in [0.15, 0.2) is 0 Å². The SMILES string of the molecule is CCOC(=O)CNCc1c(C)nc(CC(C)C)c(CN)c1-c1ccc(CN)cc1. The van der Waals surface area contributed by atoms with Crippen LogP contribution in [0, 0.1) is 12.8 Å². The summed E-state index contributed by atoms with van der Waals surface area (Å²) >= 11 is 0. The summed E-state index contributed by atoms with van der Waals surface area (Å²) in [5.74, 6) is 0.217. The lowest BCUT2D eigenvalue weighted by atomic mass is 9.89. The van der Waals surface area contributed by atoms with E-state index in [2.05, 4.69) is 31.3 Å². The summed E-state index contributed by atoms with van der Waals surface area (Å²) in [7, 11) is 0. The number of ether oxygens (including phenoxy) is 1. The minimum atomic E-state index is -0.262. The molecule has 6 heteroatoms. The van der Waals surface area contributed by atoms with Crippen LogP contribution in [0.1, 0.15) is 48.8 Å². The van der Waals surface area contributed by atoms with Crippen molar-refractivity contribution in [2.24, 2.45) is 17.4 Å². The van der Waals surface area contributed by atoms with Gasteiger partial charge >= 0.3 is 5.97 Å². The first-order chi connectivity index (χ1) is 13.9. The predicted octanol–water partition coefficient (Wildman–Crippen LogP) is 2.83. The Morgan fingerprint density at radius 1 is 1.14 bits per heavy atom. The molecule has 0 aliphatic rings. The highest BCUT2D eigenvalue weighted by molar-refractivity contribution is 5.74. The Labute approximate surface area is 174 Å². The quantitative estimate of drug-likeness (QED) is 0.532. The third-order valence-corrected chi connectivity index (χ3v) is 4.85. The minimum absolute atomic E-state index is 0.157. The number of esters is 1. The Balaban J connectivity index is 2.50. The standard InChI is InChI=1S/C23H34N4O2/c1-5-29-22(28)14-26-13-20-16(4)27-21(10-15(2)3)19(12-25)23(20)18-8-6-17(11-24)7-9-18/h6-9,15,26H,5,10-14,24-25H2,1-4H3. The maximum Gasteiger partial charge on any atom is 0.319 e. The van der Waals surface area contributed by atoms with Gasteiger partial charge in [0.2, 0.25) is 0 Å². The van der Waals surface area contributed by atoms with Crippen LogP contribution in [0.3, 0.4) is 0 Å². The molecule has 6 nitrogen and oxygen atoms in total. The van der Waals surface area contributed by atoms with Gasteiger partial charge in [-0.25, -0.2) is 0 Å². The van der Waals surface area contributed by atoms with Crippen LogP contribution in [-0.4, -0.2) is 24.1 Å². The van der Waals surface area contributed by atoms with E-state index in [1.54, 1.807) is 6.92 Å². The fraction of sp³-hybridized carbons (Fsp3) is 0.478. The van der Waals surface area contributed by atoms with Gasteiger partial charge in [0, 0.05) is 31.0 Å². The summed E-state index contributed by atoms with van der Waals surface area (Å²) in [5, 5.41) is 3.20. The van der Waals surface area contributed by atoms with Crippen molar-refractivity contribution in [2.75, 3.05) is 13.2 Å². The van der Waals surface area contributed by atoms with E-state index in [1.165, 1.54) is 0 Å². The van der Waals surface area contributed by atoms with Gasteiger partial charge in [-0.05, 0) is 54.0 Å². The lowest BCUT2D eigenvalue weighted by Crippen LogP contribution is -2.25. The van der Waals surface area contributed by atoms with Crippen LogP contribution in [0.4, 0.5) is 0 Å². The molecule has 0 aliphatic carbocycles. The highest BCUT2D eigenvalue weighted by Gasteiger charge is 2.19. The number of aromatic nitrogens is 1. The zero-order chi connectivity index (χ0) is 21.4. The Morgan fingerprint density at radius 3 is 2.38 bits per heavy atom. The molecule has 0 atom stereocenters. The number of carbonyl (C=O) groups is 1. The van der Waals surface area contributed by atoms with Crippen molar-refractivity contribution < 1.29 is 9.53 Å². The molecule has 0 saturated carbocycles. The molecule has 0 spiro atoms. The van der Waals surface area contributed by atoms with E-state index < -0.39 is 0 Å². The summed E-state index contributed by atoms with van der Waals surface area (Å²) < 4.78 is 5.01. The van der Waals surface area contributed by atoms with Crippen molar-refractivity contribution in [1.82, 2.24) is 10.3 Å². The number of nitrogens with one attached hydrogen (secondary N) is 1. The first-order valence-electron chi connectivity index (χ1n) is 10.3. The molecule has 1 aromatic carbocycles. The number of hydrogen-bond acceptors (Lipinski definition) is 6. The molecule has 29 heavy (non-hydrogen) atoms. The second-order valence-corrected chi connectivity index (χ2v) is 7.59. The van der Waals surface area contributed by atoms with Gasteiger partial charge in [-0.2, -0.15) is 0 Å². The zero-order valence-corrected chi connectivity index (χ0v) is 18.0. The molecule has 5 N–H and O–H groups in total. The van der Waals surface area contributed by atoms with Crippen molar-refractivity contribution in [3.63, 3.8) is 0 Å². The van der Waals surface area contributed by atoms with Crippen molar-refractivity contribution >= 4 is 5.97 Å². The highest BCUT2D eigenvalue weighted by atomic mass is 16.5. The molecule has 1 aromatic heterocycles. The van der Waals surface area contributed by atoms with E-state index in [-0.39, 0.29) is 12.5 Å². The number of benzene rings is 1. The van der Waals surface area contributed by atoms with Crippen LogP contribution in [-0.2, 0) is 35.6 Å². The van der Waals surface area contributed by atoms with Crippen molar-refractivity contribution in [3.05, 3.63) is 52.3 Å². The number of hydrogen-bond donors (Lipinski definition) is 3. The molecule has 1 heterocycles. The molecule has 2 rings (SSSR count). The summed E-state index contributed by atoms with van der Waals surface area (Å²) in [6.45, 7) is 10.1. The molecule has 0 unspecified atom stereocenters. The number of nitrogens with zero attached hydrogens (tertiary/aromatic N) is 1. The van der Waals surface area contributed by atoms with Crippen LogP contribution in [0.2, 0.25) is 0 Å². The lowest BCUT2D eigenvalue weighted by Gasteiger charge is -2.21. The Hall–Kier alpha value is -2.28. The van der Waals surface area contributed by atoms with Gasteiger partial charge in [-0.1, -0.05) is 38.1 Å². The van der Waals surface area contributed by atoms with E-state index in [0.29, 0.717) is 32.2 Å². The zero-order valence-electron chi connectivity index (χ0n) is 18.0. The monoisotopic (exact) mass is 398 g/mol. The molecule has 0 radical (unpaired) electrons. The van der Waals surface area contributed by atoms with Gasteiger partial charge < -0.3 is 21.5 Å². The van der Waals surface area contributed by atoms with Gasteiger partial charge in [-0.15, -0.1) is 0 Å². The number of rotatable bonds is 10. The average Bonchev–Trinajstić information content (AvgIpc) is 2.69. The average molecular weight is 399 g/mol. The molecule has 0 amide bonds. The normalized spacial score (nSPS) is 11.1. The number of carbonyl (C=O) groups excluding carboxylic acids is 1. The minimum Gasteiger partial charge on any atom is -0.465 e. The van der Waals surface area contributed by atoms with Crippen LogP contribution in [0.5, 0.6) is 0 Å². The van der Waals surface area contributed by atoms with E-state index >= 15 is 0 Å². The van der Waals surface area contributed by atoms with Gasteiger partial charge in [0.1, 0.15) is 0 Å². The summed E-state index contributed by atoms with van der Waals surface area (Å²) in [4.78, 5) is 16.6. The van der Waals surface area contributed by atoms with Gasteiger partial charge in [0.05, 0.1) is 13.2 Å². The number of nitrogens with two attached hydrogens (primary N) is 2.